The molecule has 1 aromatic heterocycles. The monoisotopic (exact) mass is 294 g/mol. The van der Waals surface area contributed by atoms with Crippen molar-refractivity contribution in [3.63, 3.8) is 0 Å². The van der Waals surface area contributed by atoms with Crippen LogP contribution in [-0.2, 0) is 6.18 Å². The Kier molecular flexibility index (Phi) is 3.97. The number of hydrogen-bond donors (Lipinski definition) is 0. The van der Waals surface area contributed by atoms with E-state index in [1.807, 2.05) is 0 Å². The molecular weight excluding hydrogens is 281 g/mol. The molecule has 0 amide bonds. The number of alkyl halides is 3. The van der Waals surface area contributed by atoms with E-state index in [0.717, 1.165) is 24.1 Å². The summed E-state index contributed by atoms with van der Waals surface area (Å²) in [5, 5.41) is 0. The maximum absolute atomic E-state index is 12.9. The Labute approximate surface area is 120 Å². The Morgan fingerprint density at radius 3 is 2.52 bits per heavy atom. The standard InChI is InChI=1S/C15H13F3N2O/c1-20(2)11-5-3-4-10(8-11)14(21)12-9-19-7-6-13(12)15(16,17)18/h3-9H,1-2H3. The molecule has 21 heavy (non-hydrogen) atoms. The second-order valence-electron chi connectivity index (χ2n) is 4.69. The van der Waals surface area contributed by atoms with Crippen LogP contribution >= 0.6 is 0 Å². The summed E-state index contributed by atoms with van der Waals surface area (Å²) in [7, 11) is 3.57. The zero-order valence-corrected chi connectivity index (χ0v) is 11.5. The molecule has 2 rings (SSSR count). The average Bonchev–Trinajstić information content (AvgIpc) is 2.45. The van der Waals surface area contributed by atoms with Crippen molar-refractivity contribution in [1.82, 2.24) is 4.98 Å². The van der Waals surface area contributed by atoms with E-state index in [4.69, 9.17) is 0 Å². The topological polar surface area (TPSA) is 33.2 Å². The molecule has 0 atom stereocenters. The van der Waals surface area contributed by atoms with Gasteiger partial charge in [0.15, 0.2) is 5.78 Å². The number of aromatic nitrogens is 1. The molecular formula is C15H13F3N2O. The summed E-state index contributed by atoms with van der Waals surface area (Å²) in [6, 6.07) is 7.25. The lowest BCUT2D eigenvalue weighted by molar-refractivity contribution is -0.137. The third-order valence-corrected chi connectivity index (χ3v) is 3.00. The number of ketones is 1. The van der Waals surface area contributed by atoms with Gasteiger partial charge in [0.05, 0.1) is 11.1 Å². The number of hydrogen-bond acceptors (Lipinski definition) is 3. The van der Waals surface area contributed by atoms with E-state index in [2.05, 4.69) is 4.98 Å². The highest BCUT2D eigenvalue weighted by Crippen LogP contribution is 2.32. The van der Waals surface area contributed by atoms with E-state index in [0.29, 0.717) is 0 Å². The van der Waals surface area contributed by atoms with Gasteiger partial charge in [-0.25, -0.2) is 0 Å². The van der Waals surface area contributed by atoms with Crippen LogP contribution in [0.4, 0.5) is 18.9 Å². The van der Waals surface area contributed by atoms with Crippen LogP contribution < -0.4 is 4.90 Å². The molecule has 6 heteroatoms. The zero-order chi connectivity index (χ0) is 15.6. The first-order chi connectivity index (χ1) is 9.80. The molecule has 2 aromatic rings. The van der Waals surface area contributed by atoms with Crippen LogP contribution in [0.5, 0.6) is 0 Å². The molecule has 0 aliphatic carbocycles. The van der Waals surface area contributed by atoms with Crippen LogP contribution in [0.3, 0.4) is 0 Å². The van der Waals surface area contributed by atoms with Gasteiger partial charge in [-0.2, -0.15) is 13.2 Å². The third kappa shape index (κ3) is 3.21. The highest BCUT2D eigenvalue weighted by molar-refractivity contribution is 6.10. The largest absolute Gasteiger partial charge is 0.417 e. The number of anilines is 1. The Morgan fingerprint density at radius 1 is 1.19 bits per heavy atom. The van der Waals surface area contributed by atoms with Gasteiger partial charge in [0.1, 0.15) is 0 Å². The molecule has 3 nitrogen and oxygen atoms in total. The normalized spacial score (nSPS) is 11.3. The molecule has 0 unspecified atom stereocenters. The summed E-state index contributed by atoms with van der Waals surface area (Å²) in [4.78, 5) is 17.7. The van der Waals surface area contributed by atoms with Gasteiger partial charge in [0.2, 0.25) is 0 Å². The lowest BCUT2D eigenvalue weighted by Gasteiger charge is -2.14. The predicted molar refractivity (Wildman–Crippen MR) is 73.4 cm³/mol. The average molecular weight is 294 g/mol. The summed E-state index contributed by atoms with van der Waals surface area (Å²) in [6.07, 6.45) is -2.61. The van der Waals surface area contributed by atoms with E-state index in [1.165, 1.54) is 6.07 Å². The number of benzene rings is 1. The van der Waals surface area contributed by atoms with Gasteiger partial charge in [-0.15, -0.1) is 0 Å². The van der Waals surface area contributed by atoms with Gasteiger partial charge in [0, 0.05) is 37.7 Å². The Morgan fingerprint density at radius 2 is 1.90 bits per heavy atom. The number of rotatable bonds is 3. The number of halogens is 3. The molecule has 0 radical (unpaired) electrons. The highest BCUT2D eigenvalue weighted by Gasteiger charge is 2.35. The highest BCUT2D eigenvalue weighted by atomic mass is 19.4. The Hall–Kier alpha value is -2.37. The van der Waals surface area contributed by atoms with Gasteiger partial charge in [-0.1, -0.05) is 12.1 Å². The fraction of sp³-hybridized carbons (Fsp3) is 0.200. The smallest absolute Gasteiger partial charge is 0.378 e. The molecule has 0 N–H and O–H groups in total. The molecule has 0 fully saturated rings. The molecule has 0 saturated heterocycles. The molecule has 0 aliphatic rings. The fourth-order valence-corrected chi connectivity index (χ4v) is 1.90. The van der Waals surface area contributed by atoms with E-state index in [1.54, 1.807) is 37.2 Å². The zero-order valence-electron chi connectivity index (χ0n) is 11.5. The third-order valence-electron chi connectivity index (χ3n) is 3.00. The quantitative estimate of drug-likeness (QED) is 0.813. The van der Waals surface area contributed by atoms with Gasteiger partial charge < -0.3 is 4.90 Å². The summed E-state index contributed by atoms with van der Waals surface area (Å²) >= 11 is 0. The van der Waals surface area contributed by atoms with E-state index >= 15 is 0 Å². The number of carbonyl (C=O) groups is 1. The van der Waals surface area contributed by atoms with Gasteiger partial charge in [-0.05, 0) is 18.2 Å². The van der Waals surface area contributed by atoms with Gasteiger partial charge >= 0.3 is 6.18 Å². The van der Waals surface area contributed by atoms with Crippen molar-refractivity contribution >= 4 is 11.5 Å². The number of nitrogens with zero attached hydrogens (tertiary/aromatic N) is 2. The minimum atomic E-state index is -4.59. The second-order valence-corrected chi connectivity index (χ2v) is 4.69. The van der Waals surface area contributed by atoms with Crippen molar-refractivity contribution in [1.29, 1.82) is 0 Å². The Balaban J connectivity index is 2.48. The minimum absolute atomic E-state index is 0.194. The van der Waals surface area contributed by atoms with Crippen molar-refractivity contribution in [2.24, 2.45) is 0 Å². The molecule has 1 heterocycles. The fourth-order valence-electron chi connectivity index (χ4n) is 1.90. The number of carbonyl (C=O) groups excluding carboxylic acids is 1. The lowest BCUT2D eigenvalue weighted by Crippen LogP contribution is -2.15. The van der Waals surface area contributed by atoms with Crippen molar-refractivity contribution in [2.45, 2.75) is 6.18 Å². The number of pyridine rings is 1. The molecule has 0 spiro atoms. The molecule has 0 aliphatic heterocycles. The predicted octanol–water partition coefficient (Wildman–Crippen LogP) is 3.40. The van der Waals surface area contributed by atoms with Crippen LogP contribution in [0, 0.1) is 0 Å². The Bertz CT molecular complexity index is 666. The van der Waals surface area contributed by atoms with Crippen molar-refractivity contribution in [3.05, 3.63) is 59.4 Å². The molecule has 0 saturated carbocycles. The summed E-state index contributed by atoms with van der Waals surface area (Å²) in [6.45, 7) is 0. The van der Waals surface area contributed by atoms with Crippen molar-refractivity contribution in [2.75, 3.05) is 19.0 Å². The van der Waals surface area contributed by atoms with Gasteiger partial charge in [0.25, 0.3) is 0 Å². The molecule has 110 valence electrons. The SMILES string of the molecule is CN(C)c1cccc(C(=O)c2cnccc2C(F)(F)F)c1. The maximum atomic E-state index is 12.9. The first kappa shape index (κ1) is 15.0. The summed E-state index contributed by atoms with van der Waals surface area (Å²) < 4.78 is 38.8. The lowest BCUT2D eigenvalue weighted by atomic mass is 9.99. The van der Waals surface area contributed by atoms with Crippen molar-refractivity contribution < 1.29 is 18.0 Å². The van der Waals surface area contributed by atoms with E-state index in [9.17, 15) is 18.0 Å². The van der Waals surface area contributed by atoms with E-state index < -0.39 is 23.1 Å². The first-order valence-corrected chi connectivity index (χ1v) is 6.14. The minimum Gasteiger partial charge on any atom is -0.378 e. The van der Waals surface area contributed by atoms with Crippen LogP contribution in [0.15, 0.2) is 42.7 Å². The summed E-state index contributed by atoms with van der Waals surface area (Å²) in [5.74, 6) is -0.695. The first-order valence-electron chi connectivity index (χ1n) is 6.14. The molecule has 0 bridgehead atoms. The maximum Gasteiger partial charge on any atom is 0.417 e. The van der Waals surface area contributed by atoms with Crippen LogP contribution in [-0.4, -0.2) is 24.9 Å². The van der Waals surface area contributed by atoms with Crippen LogP contribution in [0.1, 0.15) is 21.5 Å². The van der Waals surface area contributed by atoms with Crippen molar-refractivity contribution in [3.8, 4) is 0 Å². The van der Waals surface area contributed by atoms with E-state index in [-0.39, 0.29) is 5.56 Å². The van der Waals surface area contributed by atoms with Crippen LogP contribution in [0.25, 0.3) is 0 Å². The van der Waals surface area contributed by atoms with Gasteiger partial charge in [-0.3, -0.25) is 9.78 Å². The summed E-state index contributed by atoms with van der Waals surface area (Å²) in [5.41, 5.74) is -0.489. The molecule has 1 aromatic carbocycles. The van der Waals surface area contributed by atoms with Crippen LogP contribution in [0.2, 0.25) is 0 Å². The second kappa shape index (κ2) is 5.55.